The van der Waals surface area contributed by atoms with Crippen molar-refractivity contribution in [2.75, 3.05) is 12.0 Å². The number of hydrogen-bond acceptors (Lipinski definition) is 6. The number of anilines is 1. The van der Waals surface area contributed by atoms with E-state index in [-0.39, 0.29) is 17.8 Å². The summed E-state index contributed by atoms with van der Waals surface area (Å²) >= 11 is 6.64. The first-order valence-electron chi connectivity index (χ1n) is 8.79. The summed E-state index contributed by atoms with van der Waals surface area (Å²) in [6.45, 7) is 0. The van der Waals surface area contributed by atoms with Crippen molar-refractivity contribution in [3.63, 3.8) is 0 Å². The van der Waals surface area contributed by atoms with Gasteiger partial charge in [0.05, 0.1) is 23.6 Å². The predicted molar refractivity (Wildman–Crippen MR) is 113 cm³/mol. The van der Waals surface area contributed by atoms with Crippen LogP contribution in [0.5, 0.6) is 11.5 Å². The molecule has 1 saturated carbocycles. The zero-order valence-corrected chi connectivity index (χ0v) is 16.7. The molecular weight excluding hydrogens is 394 g/mol. The Morgan fingerprint density at radius 3 is 2.61 bits per heavy atom. The summed E-state index contributed by atoms with van der Waals surface area (Å²) in [5.74, 6) is 0.442. The summed E-state index contributed by atoms with van der Waals surface area (Å²) in [4.78, 5) is 26.8. The minimum absolute atomic E-state index is 0.00370. The number of nitrogens with zero attached hydrogens (tertiary/aromatic N) is 1. The lowest BCUT2D eigenvalue weighted by atomic mass is 10.1. The van der Waals surface area contributed by atoms with Gasteiger partial charge in [0.2, 0.25) is 0 Å². The molecule has 5 nitrogen and oxygen atoms in total. The highest BCUT2D eigenvalue weighted by Crippen LogP contribution is 2.38. The molecule has 7 heteroatoms. The Bertz CT molecular complexity index is 983. The van der Waals surface area contributed by atoms with Crippen LogP contribution in [-0.2, 0) is 9.59 Å². The Labute approximate surface area is 172 Å². The summed E-state index contributed by atoms with van der Waals surface area (Å²) < 4.78 is 11.3. The second-order valence-corrected chi connectivity index (χ2v) is 8.13. The summed E-state index contributed by atoms with van der Waals surface area (Å²) in [5, 5.41) is 0. The van der Waals surface area contributed by atoms with E-state index in [0.717, 1.165) is 24.1 Å². The van der Waals surface area contributed by atoms with Crippen molar-refractivity contribution in [1.29, 1.82) is 0 Å². The molecule has 1 aliphatic carbocycles. The number of thiocarbonyl (C=S) groups is 1. The van der Waals surface area contributed by atoms with Crippen LogP contribution in [0.4, 0.5) is 5.69 Å². The van der Waals surface area contributed by atoms with Crippen LogP contribution in [0, 0.1) is 5.92 Å². The van der Waals surface area contributed by atoms with Gasteiger partial charge in [-0.1, -0.05) is 48.2 Å². The fourth-order valence-electron chi connectivity index (χ4n) is 2.79. The minimum Gasteiger partial charge on any atom is -0.493 e. The maximum Gasteiger partial charge on any atom is 0.314 e. The molecule has 0 radical (unpaired) electrons. The molecule has 0 spiro atoms. The fourth-order valence-corrected chi connectivity index (χ4v) is 4.09. The SMILES string of the molecule is COc1cc(/C=C2\SC(=S)N(c3ccccc3)C2=O)ccc1OC(=O)C1CC1. The Morgan fingerprint density at radius 2 is 1.93 bits per heavy atom. The Morgan fingerprint density at radius 1 is 1.18 bits per heavy atom. The molecule has 0 unspecified atom stereocenters. The van der Waals surface area contributed by atoms with Crippen LogP contribution >= 0.6 is 24.0 Å². The Balaban J connectivity index is 1.57. The van der Waals surface area contributed by atoms with E-state index in [1.807, 2.05) is 30.3 Å². The first-order chi connectivity index (χ1) is 13.6. The Kier molecular flexibility index (Phi) is 5.19. The van der Waals surface area contributed by atoms with Crippen LogP contribution in [0.25, 0.3) is 6.08 Å². The molecule has 0 aromatic heterocycles. The van der Waals surface area contributed by atoms with E-state index in [1.54, 1.807) is 24.3 Å². The third kappa shape index (κ3) is 3.81. The molecule has 1 amide bonds. The molecule has 142 valence electrons. The van der Waals surface area contributed by atoms with Gasteiger partial charge in [-0.3, -0.25) is 14.5 Å². The lowest BCUT2D eigenvalue weighted by Crippen LogP contribution is -2.27. The number of esters is 1. The van der Waals surface area contributed by atoms with Gasteiger partial charge in [-0.2, -0.15) is 0 Å². The van der Waals surface area contributed by atoms with Crippen molar-refractivity contribution in [2.24, 2.45) is 5.92 Å². The van der Waals surface area contributed by atoms with Gasteiger partial charge >= 0.3 is 5.97 Å². The van der Waals surface area contributed by atoms with E-state index in [1.165, 1.54) is 23.8 Å². The summed E-state index contributed by atoms with van der Waals surface area (Å²) in [6.07, 6.45) is 3.52. The molecule has 2 fully saturated rings. The molecule has 28 heavy (non-hydrogen) atoms. The number of hydrogen-bond donors (Lipinski definition) is 0. The van der Waals surface area contributed by atoms with E-state index in [0.29, 0.717) is 20.7 Å². The molecule has 1 aliphatic heterocycles. The number of carbonyl (C=O) groups excluding carboxylic acids is 2. The first kappa shape index (κ1) is 18.7. The molecule has 0 atom stereocenters. The van der Waals surface area contributed by atoms with Gasteiger partial charge < -0.3 is 9.47 Å². The Hall–Kier alpha value is -2.64. The van der Waals surface area contributed by atoms with Gasteiger partial charge in [-0.15, -0.1) is 0 Å². The number of amides is 1. The number of rotatable bonds is 5. The van der Waals surface area contributed by atoms with Crippen molar-refractivity contribution >= 4 is 51.9 Å². The number of thioether (sulfide) groups is 1. The van der Waals surface area contributed by atoms with Gasteiger partial charge in [-0.05, 0) is 48.7 Å². The number of para-hydroxylation sites is 1. The quantitative estimate of drug-likeness (QED) is 0.314. The lowest BCUT2D eigenvalue weighted by Gasteiger charge is -2.13. The number of carbonyl (C=O) groups is 2. The van der Waals surface area contributed by atoms with Crippen molar-refractivity contribution < 1.29 is 19.1 Å². The maximum atomic E-state index is 12.8. The van der Waals surface area contributed by atoms with E-state index in [2.05, 4.69) is 0 Å². The van der Waals surface area contributed by atoms with Gasteiger partial charge in [-0.25, -0.2) is 0 Å². The van der Waals surface area contributed by atoms with Crippen molar-refractivity contribution in [2.45, 2.75) is 12.8 Å². The maximum absolute atomic E-state index is 12.8. The molecule has 2 aromatic rings. The highest BCUT2D eigenvalue weighted by atomic mass is 32.2. The second-order valence-electron chi connectivity index (χ2n) is 6.46. The van der Waals surface area contributed by atoms with Crippen LogP contribution in [0.2, 0.25) is 0 Å². The third-order valence-corrected chi connectivity index (χ3v) is 5.72. The largest absolute Gasteiger partial charge is 0.493 e. The smallest absolute Gasteiger partial charge is 0.314 e. The van der Waals surface area contributed by atoms with Crippen molar-refractivity contribution in [1.82, 2.24) is 0 Å². The third-order valence-electron chi connectivity index (χ3n) is 4.41. The standard InChI is InChI=1S/C21H17NO4S2/c1-25-17-11-13(7-10-16(17)26-20(24)14-8-9-14)12-18-19(23)22(21(27)28-18)15-5-3-2-4-6-15/h2-7,10-12,14H,8-9H2,1H3/b18-12-. The molecule has 1 saturated heterocycles. The lowest BCUT2D eigenvalue weighted by molar-refractivity contribution is -0.135. The molecule has 4 rings (SSSR count). The molecular formula is C21H17NO4S2. The molecule has 2 aliphatic rings. The monoisotopic (exact) mass is 411 g/mol. The van der Waals surface area contributed by atoms with Crippen molar-refractivity contribution in [3.8, 4) is 11.5 Å². The van der Waals surface area contributed by atoms with E-state index in [4.69, 9.17) is 21.7 Å². The topological polar surface area (TPSA) is 55.8 Å². The van der Waals surface area contributed by atoms with Crippen LogP contribution < -0.4 is 14.4 Å². The van der Waals surface area contributed by atoms with Gasteiger partial charge in [0.1, 0.15) is 0 Å². The van der Waals surface area contributed by atoms with Gasteiger partial charge in [0.15, 0.2) is 15.8 Å². The molecule has 2 aromatic carbocycles. The number of benzene rings is 2. The molecule has 1 heterocycles. The van der Waals surface area contributed by atoms with Crippen LogP contribution in [-0.4, -0.2) is 23.3 Å². The molecule has 0 N–H and O–H groups in total. The normalized spacial score (nSPS) is 17.9. The van der Waals surface area contributed by atoms with Gasteiger partial charge in [0.25, 0.3) is 5.91 Å². The minimum atomic E-state index is -0.227. The second kappa shape index (κ2) is 7.77. The summed E-state index contributed by atoms with van der Waals surface area (Å²) in [5.41, 5.74) is 1.50. The fraction of sp³-hybridized carbons (Fsp3) is 0.190. The van der Waals surface area contributed by atoms with Crippen LogP contribution in [0.3, 0.4) is 0 Å². The number of ether oxygens (including phenoxy) is 2. The first-order valence-corrected chi connectivity index (χ1v) is 10.0. The average molecular weight is 412 g/mol. The summed E-state index contributed by atoms with van der Waals surface area (Å²) in [7, 11) is 1.52. The average Bonchev–Trinajstić information content (AvgIpc) is 3.51. The number of methoxy groups -OCH3 is 1. The van der Waals surface area contributed by atoms with E-state index in [9.17, 15) is 9.59 Å². The van der Waals surface area contributed by atoms with E-state index < -0.39 is 0 Å². The highest BCUT2D eigenvalue weighted by Gasteiger charge is 2.34. The van der Waals surface area contributed by atoms with Crippen LogP contribution in [0.15, 0.2) is 53.4 Å². The summed E-state index contributed by atoms with van der Waals surface area (Å²) in [6, 6.07) is 14.5. The highest BCUT2D eigenvalue weighted by molar-refractivity contribution is 8.27. The zero-order valence-electron chi connectivity index (χ0n) is 15.1. The predicted octanol–water partition coefficient (Wildman–Crippen LogP) is 4.42. The zero-order chi connectivity index (χ0) is 19.7. The van der Waals surface area contributed by atoms with Crippen LogP contribution in [0.1, 0.15) is 18.4 Å². The van der Waals surface area contributed by atoms with Crippen molar-refractivity contribution in [3.05, 3.63) is 59.0 Å². The van der Waals surface area contributed by atoms with Gasteiger partial charge in [0, 0.05) is 0 Å². The van der Waals surface area contributed by atoms with E-state index >= 15 is 0 Å². The molecule has 0 bridgehead atoms.